The van der Waals surface area contributed by atoms with E-state index >= 15 is 0 Å². The van der Waals surface area contributed by atoms with Crippen LogP contribution in [0.25, 0.3) is 10.6 Å². The van der Waals surface area contributed by atoms with Crippen LogP contribution in [0.4, 0.5) is 0 Å². The molecule has 3 aromatic carbocycles. The van der Waals surface area contributed by atoms with Gasteiger partial charge in [0.1, 0.15) is 0 Å². The van der Waals surface area contributed by atoms with Crippen molar-refractivity contribution in [3.63, 3.8) is 0 Å². The predicted molar refractivity (Wildman–Crippen MR) is 100 cm³/mol. The zero-order valence-corrected chi connectivity index (χ0v) is 13.4. The van der Waals surface area contributed by atoms with E-state index in [-0.39, 0.29) is 0 Å². The molecule has 0 fully saturated rings. The number of allylic oxidation sites excluding steroid dienone is 2. The highest BCUT2D eigenvalue weighted by atomic mass is 35.5. The highest BCUT2D eigenvalue weighted by Crippen LogP contribution is 2.25. The molecule has 0 bridgehead atoms. The summed E-state index contributed by atoms with van der Waals surface area (Å²) in [5, 5.41) is 0.731. The van der Waals surface area contributed by atoms with E-state index in [9.17, 15) is 0 Å². The van der Waals surface area contributed by atoms with E-state index in [2.05, 4.69) is 54.6 Å². The quantitative estimate of drug-likeness (QED) is 0.489. The standard InChI is InChI=1S/C22H17Cl/c23-22(20-14-8-3-9-15-20)17-16-21(18-10-4-1-5-11-18)19-12-6-2-7-13-19/h1-17H. The van der Waals surface area contributed by atoms with E-state index in [4.69, 9.17) is 11.6 Å². The molecule has 0 spiro atoms. The topological polar surface area (TPSA) is 0 Å². The first-order valence-corrected chi connectivity index (χ1v) is 7.96. The fourth-order valence-corrected chi connectivity index (χ4v) is 2.63. The van der Waals surface area contributed by atoms with E-state index in [1.165, 1.54) is 11.1 Å². The Kier molecular flexibility index (Phi) is 5.08. The van der Waals surface area contributed by atoms with Crippen molar-refractivity contribution in [3.05, 3.63) is 120 Å². The molecule has 0 nitrogen and oxygen atoms in total. The maximum atomic E-state index is 6.44. The lowest BCUT2D eigenvalue weighted by Crippen LogP contribution is -1.87. The lowest BCUT2D eigenvalue weighted by molar-refractivity contribution is 1.55. The smallest absolute Gasteiger partial charge is 0.0478 e. The Labute approximate surface area is 142 Å². The van der Waals surface area contributed by atoms with Gasteiger partial charge in [0.2, 0.25) is 0 Å². The molecule has 112 valence electrons. The molecule has 3 aromatic rings. The second-order valence-electron chi connectivity index (χ2n) is 5.19. The lowest BCUT2D eigenvalue weighted by atomic mass is 9.97. The molecule has 0 N–H and O–H groups in total. The third kappa shape index (κ3) is 4.00. The summed E-state index contributed by atoms with van der Waals surface area (Å²) in [6, 6.07) is 30.7. The minimum atomic E-state index is 0.731. The molecular formula is C22H17Cl. The fraction of sp³-hybridized carbons (Fsp3) is 0. The Balaban J connectivity index is 2.02. The summed E-state index contributed by atoms with van der Waals surface area (Å²) < 4.78 is 0. The summed E-state index contributed by atoms with van der Waals surface area (Å²) in [5.41, 5.74) is 4.52. The van der Waals surface area contributed by atoms with Gasteiger partial charge in [-0.2, -0.15) is 0 Å². The van der Waals surface area contributed by atoms with Gasteiger partial charge < -0.3 is 0 Å². The van der Waals surface area contributed by atoms with Crippen molar-refractivity contribution in [2.24, 2.45) is 0 Å². The molecular weight excluding hydrogens is 300 g/mol. The SMILES string of the molecule is ClC(=CC=C(c1ccccc1)c1ccccc1)c1ccccc1. The largest absolute Gasteiger partial charge is 0.0837 e. The Bertz CT molecular complexity index is 759. The number of halogens is 1. The molecule has 0 aliphatic heterocycles. The number of hydrogen-bond acceptors (Lipinski definition) is 0. The van der Waals surface area contributed by atoms with E-state index in [1.807, 2.05) is 48.5 Å². The second kappa shape index (κ2) is 7.62. The zero-order valence-electron chi connectivity index (χ0n) is 12.7. The van der Waals surface area contributed by atoms with Gasteiger partial charge in [-0.1, -0.05) is 109 Å². The van der Waals surface area contributed by atoms with Gasteiger partial charge in [0, 0.05) is 5.03 Å². The third-order valence-electron chi connectivity index (χ3n) is 3.62. The fourth-order valence-electron chi connectivity index (χ4n) is 2.44. The first kappa shape index (κ1) is 15.3. The lowest BCUT2D eigenvalue weighted by Gasteiger charge is -2.08. The first-order chi connectivity index (χ1) is 11.3. The van der Waals surface area contributed by atoms with Gasteiger partial charge >= 0.3 is 0 Å². The van der Waals surface area contributed by atoms with Crippen molar-refractivity contribution >= 4 is 22.2 Å². The van der Waals surface area contributed by atoms with E-state index < -0.39 is 0 Å². The van der Waals surface area contributed by atoms with Crippen molar-refractivity contribution in [1.29, 1.82) is 0 Å². The Morgan fingerprint density at radius 3 is 1.35 bits per heavy atom. The van der Waals surface area contributed by atoms with Crippen LogP contribution in [0, 0.1) is 0 Å². The number of rotatable bonds is 4. The summed E-state index contributed by atoms with van der Waals surface area (Å²) in [6.45, 7) is 0. The van der Waals surface area contributed by atoms with Crippen molar-refractivity contribution in [2.75, 3.05) is 0 Å². The van der Waals surface area contributed by atoms with Crippen LogP contribution in [0.2, 0.25) is 0 Å². The highest BCUT2D eigenvalue weighted by molar-refractivity contribution is 6.48. The molecule has 0 atom stereocenters. The molecule has 23 heavy (non-hydrogen) atoms. The van der Waals surface area contributed by atoms with Crippen LogP contribution in [-0.4, -0.2) is 0 Å². The second-order valence-corrected chi connectivity index (χ2v) is 5.60. The molecule has 0 saturated carbocycles. The number of benzene rings is 3. The van der Waals surface area contributed by atoms with Crippen molar-refractivity contribution < 1.29 is 0 Å². The average molecular weight is 317 g/mol. The molecule has 0 aromatic heterocycles. The maximum absolute atomic E-state index is 6.44. The molecule has 0 aliphatic rings. The molecule has 0 radical (unpaired) electrons. The van der Waals surface area contributed by atoms with Gasteiger partial charge in [0.05, 0.1) is 0 Å². The van der Waals surface area contributed by atoms with Gasteiger partial charge in [0.15, 0.2) is 0 Å². The normalized spacial score (nSPS) is 11.1. The first-order valence-electron chi connectivity index (χ1n) is 7.58. The van der Waals surface area contributed by atoms with Gasteiger partial charge in [-0.25, -0.2) is 0 Å². The molecule has 0 saturated heterocycles. The van der Waals surface area contributed by atoms with Crippen LogP contribution in [-0.2, 0) is 0 Å². The monoisotopic (exact) mass is 316 g/mol. The Morgan fingerprint density at radius 2 is 0.913 bits per heavy atom. The minimum Gasteiger partial charge on any atom is -0.0837 e. The van der Waals surface area contributed by atoms with Crippen molar-refractivity contribution in [1.82, 2.24) is 0 Å². The van der Waals surface area contributed by atoms with Crippen LogP contribution in [0.5, 0.6) is 0 Å². The third-order valence-corrected chi connectivity index (χ3v) is 3.96. The zero-order chi connectivity index (χ0) is 15.9. The molecule has 0 unspecified atom stereocenters. The molecule has 0 amide bonds. The van der Waals surface area contributed by atoms with Crippen LogP contribution in [0.3, 0.4) is 0 Å². The summed E-state index contributed by atoms with van der Waals surface area (Å²) in [4.78, 5) is 0. The average Bonchev–Trinajstić information content (AvgIpc) is 2.64. The molecule has 3 rings (SSSR count). The van der Waals surface area contributed by atoms with E-state index in [0.717, 1.165) is 16.2 Å². The summed E-state index contributed by atoms with van der Waals surface area (Å²) in [7, 11) is 0. The van der Waals surface area contributed by atoms with E-state index in [1.54, 1.807) is 0 Å². The van der Waals surface area contributed by atoms with Gasteiger partial charge in [-0.05, 0) is 28.3 Å². The Morgan fingerprint density at radius 1 is 0.522 bits per heavy atom. The number of hydrogen-bond donors (Lipinski definition) is 0. The minimum absolute atomic E-state index is 0.731. The molecule has 1 heteroatoms. The van der Waals surface area contributed by atoms with Crippen LogP contribution in [0.15, 0.2) is 103 Å². The van der Waals surface area contributed by atoms with Crippen molar-refractivity contribution in [3.8, 4) is 0 Å². The molecule has 0 heterocycles. The molecule has 0 aliphatic carbocycles. The predicted octanol–water partition coefficient (Wildman–Crippen LogP) is 6.40. The van der Waals surface area contributed by atoms with Gasteiger partial charge in [-0.3, -0.25) is 0 Å². The van der Waals surface area contributed by atoms with E-state index in [0.29, 0.717) is 0 Å². The van der Waals surface area contributed by atoms with Crippen LogP contribution >= 0.6 is 11.6 Å². The summed E-state index contributed by atoms with van der Waals surface area (Å²) in [6.07, 6.45) is 4.05. The highest BCUT2D eigenvalue weighted by Gasteiger charge is 2.03. The summed E-state index contributed by atoms with van der Waals surface area (Å²) >= 11 is 6.44. The summed E-state index contributed by atoms with van der Waals surface area (Å²) in [5.74, 6) is 0. The van der Waals surface area contributed by atoms with Gasteiger partial charge in [0.25, 0.3) is 0 Å². The van der Waals surface area contributed by atoms with Crippen LogP contribution in [0.1, 0.15) is 16.7 Å². The Hall–Kier alpha value is -2.57. The van der Waals surface area contributed by atoms with Gasteiger partial charge in [-0.15, -0.1) is 0 Å². The van der Waals surface area contributed by atoms with Crippen molar-refractivity contribution in [2.45, 2.75) is 0 Å². The van der Waals surface area contributed by atoms with Crippen LogP contribution < -0.4 is 0 Å². The maximum Gasteiger partial charge on any atom is 0.0478 e.